The molecule has 2 aromatic carbocycles. The van der Waals surface area contributed by atoms with E-state index in [9.17, 15) is 9.59 Å². The summed E-state index contributed by atoms with van der Waals surface area (Å²) in [5.41, 5.74) is 1.61. The van der Waals surface area contributed by atoms with Crippen LogP contribution in [0.25, 0.3) is 10.9 Å². The predicted octanol–water partition coefficient (Wildman–Crippen LogP) is 4.93. The van der Waals surface area contributed by atoms with E-state index in [4.69, 9.17) is 0 Å². The van der Waals surface area contributed by atoms with E-state index in [0.717, 1.165) is 16.5 Å². The molecule has 29 heavy (non-hydrogen) atoms. The Labute approximate surface area is 183 Å². The van der Waals surface area contributed by atoms with Gasteiger partial charge in [-0.1, -0.05) is 64.9 Å². The molecule has 3 aromatic rings. The van der Waals surface area contributed by atoms with Crippen LogP contribution in [0.15, 0.2) is 63.0 Å². The van der Waals surface area contributed by atoms with Gasteiger partial charge in [0.15, 0.2) is 5.16 Å². The van der Waals surface area contributed by atoms with Gasteiger partial charge >= 0.3 is 0 Å². The van der Waals surface area contributed by atoms with Crippen LogP contribution in [0, 0.1) is 0 Å². The van der Waals surface area contributed by atoms with E-state index in [0.29, 0.717) is 22.6 Å². The minimum absolute atomic E-state index is 0.0779. The normalized spacial score (nSPS) is 13.2. The summed E-state index contributed by atoms with van der Waals surface area (Å²) in [6.07, 6.45) is 0.806. The predicted molar refractivity (Wildman–Crippen MR) is 122 cm³/mol. The van der Waals surface area contributed by atoms with Gasteiger partial charge in [0.05, 0.1) is 22.2 Å². The average Bonchev–Trinajstić information content (AvgIpc) is 2.72. The average molecular weight is 474 g/mol. The van der Waals surface area contributed by atoms with Crippen LogP contribution in [0.3, 0.4) is 0 Å². The van der Waals surface area contributed by atoms with Gasteiger partial charge in [-0.25, -0.2) is 4.98 Å². The molecule has 1 aromatic heterocycles. The van der Waals surface area contributed by atoms with Crippen molar-refractivity contribution in [2.24, 2.45) is 0 Å². The van der Waals surface area contributed by atoms with Crippen LogP contribution in [0.2, 0.25) is 0 Å². The molecule has 0 saturated carbocycles. The summed E-state index contributed by atoms with van der Waals surface area (Å²) in [5.74, 6) is -0.0837. The zero-order chi connectivity index (χ0) is 21.0. The van der Waals surface area contributed by atoms with Crippen molar-refractivity contribution in [3.8, 4) is 0 Å². The number of carbonyl (C=O) groups is 1. The van der Waals surface area contributed by atoms with Gasteiger partial charge in [0.25, 0.3) is 5.56 Å². The van der Waals surface area contributed by atoms with E-state index in [-0.39, 0.29) is 22.8 Å². The number of rotatable bonds is 7. The number of nitrogens with one attached hydrogen (secondary N) is 1. The van der Waals surface area contributed by atoms with Gasteiger partial charge in [-0.05, 0) is 44.0 Å². The second-order valence-electron chi connectivity index (χ2n) is 6.91. The van der Waals surface area contributed by atoms with Crippen LogP contribution >= 0.6 is 27.7 Å². The molecule has 0 aliphatic rings. The van der Waals surface area contributed by atoms with Crippen molar-refractivity contribution < 1.29 is 4.79 Å². The number of amides is 1. The standard InChI is InChI=1S/C22H24BrN3O2S/c1-4-12-26-21(28)18-13-17(23)10-11-19(18)25-22(26)29-15(3)20(27)24-14(2)16-8-6-5-7-9-16/h5-11,13-15H,4,12H2,1-3H3,(H,24,27). The molecule has 0 saturated heterocycles. The van der Waals surface area contributed by atoms with E-state index in [1.807, 2.05) is 63.2 Å². The number of halogens is 1. The number of hydrogen-bond donors (Lipinski definition) is 1. The minimum atomic E-state index is -0.385. The Morgan fingerprint density at radius 1 is 1.21 bits per heavy atom. The molecule has 0 bridgehead atoms. The fourth-order valence-corrected chi connectivity index (χ4v) is 4.36. The van der Waals surface area contributed by atoms with Gasteiger partial charge in [-0.3, -0.25) is 14.2 Å². The maximum Gasteiger partial charge on any atom is 0.262 e. The number of aromatic nitrogens is 2. The lowest BCUT2D eigenvalue weighted by molar-refractivity contribution is -0.120. The molecule has 1 heterocycles. The van der Waals surface area contributed by atoms with Crippen LogP contribution in [0.5, 0.6) is 0 Å². The Bertz CT molecular complexity index is 1070. The number of nitrogens with zero attached hydrogens (tertiary/aromatic N) is 2. The van der Waals surface area contributed by atoms with E-state index in [1.165, 1.54) is 11.8 Å². The molecule has 0 aliphatic heterocycles. The Hall–Kier alpha value is -2.12. The molecule has 5 nitrogen and oxygen atoms in total. The Morgan fingerprint density at radius 3 is 2.62 bits per heavy atom. The maximum absolute atomic E-state index is 13.0. The summed E-state index contributed by atoms with van der Waals surface area (Å²) in [5, 5.41) is 3.81. The van der Waals surface area contributed by atoms with E-state index < -0.39 is 0 Å². The lowest BCUT2D eigenvalue weighted by Gasteiger charge is -2.19. The second kappa shape index (κ2) is 9.59. The van der Waals surface area contributed by atoms with Crippen molar-refractivity contribution in [2.75, 3.05) is 0 Å². The van der Waals surface area contributed by atoms with Crippen molar-refractivity contribution in [3.05, 3.63) is 68.9 Å². The molecular weight excluding hydrogens is 450 g/mol. The van der Waals surface area contributed by atoms with Crippen molar-refractivity contribution in [1.82, 2.24) is 14.9 Å². The lowest BCUT2D eigenvalue weighted by Crippen LogP contribution is -2.34. The van der Waals surface area contributed by atoms with Gasteiger partial charge in [0.2, 0.25) is 5.91 Å². The molecule has 2 atom stereocenters. The Kier molecular flexibility index (Phi) is 7.14. The first-order valence-electron chi connectivity index (χ1n) is 9.62. The molecule has 1 amide bonds. The van der Waals surface area contributed by atoms with Crippen LogP contribution in [-0.2, 0) is 11.3 Å². The Morgan fingerprint density at radius 2 is 1.93 bits per heavy atom. The molecule has 0 radical (unpaired) electrons. The van der Waals surface area contributed by atoms with E-state index >= 15 is 0 Å². The number of hydrogen-bond acceptors (Lipinski definition) is 4. The summed E-state index contributed by atoms with van der Waals surface area (Å²) < 4.78 is 2.51. The number of fused-ring (bicyclic) bond motifs is 1. The highest BCUT2D eigenvalue weighted by molar-refractivity contribution is 9.10. The van der Waals surface area contributed by atoms with Crippen molar-refractivity contribution >= 4 is 44.5 Å². The molecule has 0 aliphatic carbocycles. The largest absolute Gasteiger partial charge is 0.349 e. The molecular formula is C22H24BrN3O2S. The van der Waals surface area contributed by atoms with Crippen LogP contribution < -0.4 is 10.9 Å². The third-order valence-electron chi connectivity index (χ3n) is 4.64. The molecule has 3 rings (SSSR count). The molecule has 0 fully saturated rings. The quantitative estimate of drug-likeness (QED) is 0.390. The van der Waals surface area contributed by atoms with Crippen molar-refractivity contribution in [3.63, 3.8) is 0 Å². The first kappa shape index (κ1) is 21.6. The molecule has 7 heteroatoms. The highest BCUT2D eigenvalue weighted by atomic mass is 79.9. The summed E-state index contributed by atoms with van der Waals surface area (Å²) in [4.78, 5) is 30.4. The first-order valence-corrected chi connectivity index (χ1v) is 11.3. The zero-order valence-electron chi connectivity index (χ0n) is 16.7. The van der Waals surface area contributed by atoms with Crippen molar-refractivity contribution in [1.29, 1.82) is 0 Å². The fourth-order valence-electron chi connectivity index (χ4n) is 3.05. The SMILES string of the molecule is CCCn1c(SC(C)C(=O)NC(C)c2ccccc2)nc2ccc(Br)cc2c1=O. The van der Waals surface area contributed by atoms with Gasteiger partial charge in [0.1, 0.15) is 0 Å². The highest BCUT2D eigenvalue weighted by Gasteiger charge is 2.21. The monoisotopic (exact) mass is 473 g/mol. The van der Waals surface area contributed by atoms with E-state index in [2.05, 4.69) is 26.2 Å². The molecule has 2 unspecified atom stereocenters. The number of thioether (sulfide) groups is 1. The molecule has 1 N–H and O–H groups in total. The van der Waals surface area contributed by atoms with Crippen LogP contribution in [0.1, 0.15) is 38.8 Å². The fraction of sp³-hybridized carbons (Fsp3) is 0.318. The third kappa shape index (κ3) is 5.08. The lowest BCUT2D eigenvalue weighted by atomic mass is 10.1. The topological polar surface area (TPSA) is 64.0 Å². The second-order valence-corrected chi connectivity index (χ2v) is 9.14. The van der Waals surface area contributed by atoms with Gasteiger partial charge in [-0.2, -0.15) is 0 Å². The maximum atomic E-state index is 13.0. The summed E-state index contributed by atoms with van der Waals surface area (Å²) in [7, 11) is 0. The smallest absolute Gasteiger partial charge is 0.262 e. The van der Waals surface area contributed by atoms with Crippen molar-refractivity contribution in [2.45, 2.75) is 50.2 Å². The first-order chi connectivity index (χ1) is 13.9. The molecule has 0 spiro atoms. The Balaban J connectivity index is 1.84. The van der Waals surface area contributed by atoms with E-state index in [1.54, 1.807) is 10.6 Å². The van der Waals surface area contributed by atoms with Crippen LogP contribution in [0.4, 0.5) is 0 Å². The summed E-state index contributed by atoms with van der Waals surface area (Å²) in [6.45, 7) is 6.38. The minimum Gasteiger partial charge on any atom is -0.349 e. The van der Waals surface area contributed by atoms with Crippen LogP contribution in [-0.4, -0.2) is 20.7 Å². The van der Waals surface area contributed by atoms with Gasteiger partial charge in [0, 0.05) is 11.0 Å². The number of carbonyl (C=O) groups excluding carboxylic acids is 1. The molecule has 152 valence electrons. The number of benzene rings is 2. The summed E-state index contributed by atoms with van der Waals surface area (Å²) >= 11 is 4.73. The highest BCUT2D eigenvalue weighted by Crippen LogP contribution is 2.25. The summed E-state index contributed by atoms with van der Waals surface area (Å²) in [6, 6.07) is 15.2. The zero-order valence-corrected chi connectivity index (χ0v) is 19.1. The van der Waals surface area contributed by atoms with Gasteiger partial charge in [-0.15, -0.1) is 0 Å². The third-order valence-corrected chi connectivity index (χ3v) is 6.22. The van der Waals surface area contributed by atoms with Gasteiger partial charge < -0.3 is 5.32 Å².